The number of benzene rings is 1. The summed E-state index contributed by atoms with van der Waals surface area (Å²) in [6.45, 7) is 3.97. The van der Waals surface area contributed by atoms with Crippen molar-refractivity contribution in [3.05, 3.63) is 29.6 Å². The zero-order valence-electron chi connectivity index (χ0n) is 10.7. The maximum atomic E-state index is 13.8. The largest absolute Gasteiger partial charge is 0.494 e. The first-order valence-electron chi connectivity index (χ1n) is 6.05. The maximum Gasteiger partial charge on any atom is 0.168 e. The molecular formula is C14H21FO2. The topological polar surface area (TPSA) is 29.5 Å². The molecule has 2 nitrogen and oxygen atoms in total. The second kappa shape index (κ2) is 6.60. The molecule has 0 bridgehead atoms. The van der Waals surface area contributed by atoms with Crippen LogP contribution in [0.25, 0.3) is 0 Å². The monoisotopic (exact) mass is 240 g/mol. The van der Waals surface area contributed by atoms with Crippen LogP contribution in [-0.4, -0.2) is 18.3 Å². The maximum absolute atomic E-state index is 13.8. The molecule has 1 rings (SSSR count). The van der Waals surface area contributed by atoms with Crippen LogP contribution in [0, 0.1) is 11.7 Å². The third-order valence-electron chi connectivity index (χ3n) is 2.98. The number of aryl methyl sites for hydroxylation is 1. The Balaban J connectivity index is 2.52. The molecule has 0 aromatic heterocycles. The molecular weight excluding hydrogens is 219 g/mol. The minimum atomic E-state index is -0.302. The van der Waals surface area contributed by atoms with Gasteiger partial charge in [-0.3, -0.25) is 0 Å². The lowest BCUT2D eigenvalue weighted by atomic mass is 9.99. The van der Waals surface area contributed by atoms with Gasteiger partial charge < -0.3 is 9.84 Å². The number of aliphatic hydroxyl groups is 1. The Morgan fingerprint density at radius 2 is 2.06 bits per heavy atom. The van der Waals surface area contributed by atoms with Crippen molar-refractivity contribution in [1.29, 1.82) is 0 Å². The quantitative estimate of drug-likeness (QED) is 0.827. The molecule has 1 unspecified atom stereocenters. The van der Waals surface area contributed by atoms with Crippen LogP contribution >= 0.6 is 0 Å². The van der Waals surface area contributed by atoms with Gasteiger partial charge in [0.15, 0.2) is 11.6 Å². The molecule has 1 atom stereocenters. The highest BCUT2D eigenvalue weighted by Gasteiger charge is 2.11. The second-order valence-electron chi connectivity index (χ2n) is 4.64. The summed E-state index contributed by atoms with van der Waals surface area (Å²) in [7, 11) is 1.46. The van der Waals surface area contributed by atoms with E-state index in [1.54, 1.807) is 18.2 Å². The molecule has 3 heteroatoms. The lowest BCUT2D eigenvalue weighted by molar-refractivity contribution is 0.114. The van der Waals surface area contributed by atoms with Crippen LogP contribution in [-0.2, 0) is 6.42 Å². The number of halogens is 1. The van der Waals surface area contributed by atoms with Gasteiger partial charge in [0.2, 0.25) is 0 Å². The molecule has 0 aliphatic carbocycles. The van der Waals surface area contributed by atoms with Gasteiger partial charge in [0.1, 0.15) is 0 Å². The minimum absolute atomic E-state index is 0.255. The average molecular weight is 240 g/mol. The fourth-order valence-electron chi connectivity index (χ4n) is 1.74. The van der Waals surface area contributed by atoms with E-state index in [1.165, 1.54) is 7.11 Å². The van der Waals surface area contributed by atoms with Crippen molar-refractivity contribution in [2.75, 3.05) is 7.11 Å². The van der Waals surface area contributed by atoms with Crippen molar-refractivity contribution in [3.63, 3.8) is 0 Å². The summed E-state index contributed by atoms with van der Waals surface area (Å²) in [4.78, 5) is 0. The van der Waals surface area contributed by atoms with Crippen LogP contribution < -0.4 is 4.74 Å². The zero-order chi connectivity index (χ0) is 12.8. The predicted molar refractivity (Wildman–Crippen MR) is 66.7 cm³/mol. The molecule has 0 amide bonds. The number of hydrogen-bond donors (Lipinski definition) is 1. The lowest BCUT2D eigenvalue weighted by Gasteiger charge is -2.14. The second-order valence-corrected chi connectivity index (χ2v) is 4.64. The summed E-state index contributed by atoms with van der Waals surface area (Å²) in [6, 6.07) is 5.16. The number of methoxy groups -OCH3 is 1. The fourth-order valence-corrected chi connectivity index (χ4v) is 1.74. The van der Waals surface area contributed by atoms with Crippen molar-refractivity contribution in [3.8, 4) is 5.75 Å². The standard InChI is InChI=1S/C14H21FO2/c1-10(2)12(16)8-4-6-11-7-5-9-13(17-3)14(11)15/h5,7,9-10,12,16H,4,6,8H2,1-3H3. The van der Waals surface area contributed by atoms with Gasteiger partial charge in [0.05, 0.1) is 13.2 Å². The van der Waals surface area contributed by atoms with E-state index in [4.69, 9.17) is 4.74 Å². The van der Waals surface area contributed by atoms with Gasteiger partial charge in [-0.2, -0.15) is 0 Å². The van der Waals surface area contributed by atoms with Gasteiger partial charge in [-0.15, -0.1) is 0 Å². The van der Waals surface area contributed by atoms with Gasteiger partial charge in [-0.1, -0.05) is 26.0 Å². The van der Waals surface area contributed by atoms with E-state index in [0.717, 1.165) is 6.42 Å². The first-order chi connectivity index (χ1) is 8.06. The summed E-state index contributed by atoms with van der Waals surface area (Å²) in [5, 5.41) is 9.66. The van der Waals surface area contributed by atoms with Crippen LogP contribution in [0.4, 0.5) is 4.39 Å². The highest BCUT2D eigenvalue weighted by atomic mass is 19.1. The van der Waals surface area contributed by atoms with Crippen molar-refractivity contribution < 1.29 is 14.2 Å². The lowest BCUT2D eigenvalue weighted by Crippen LogP contribution is -2.14. The Bertz CT molecular complexity index is 350. The van der Waals surface area contributed by atoms with E-state index in [9.17, 15) is 9.50 Å². The van der Waals surface area contributed by atoms with Crippen molar-refractivity contribution >= 4 is 0 Å². The summed E-state index contributed by atoms with van der Waals surface area (Å²) < 4.78 is 18.7. The smallest absolute Gasteiger partial charge is 0.168 e. The molecule has 0 aliphatic heterocycles. The molecule has 0 aliphatic rings. The van der Waals surface area contributed by atoms with Gasteiger partial charge in [0.25, 0.3) is 0 Å². The van der Waals surface area contributed by atoms with E-state index in [1.807, 2.05) is 13.8 Å². The van der Waals surface area contributed by atoms with Crippen molar-refractivity contribution in [1.82, 2.24) is 0 Å². The number of rotatable bonds is 6. The summed E-state index contributed by atoms with van der Waals surface area (Å²) in [5.74, 6) is 0.256. The molecule has 0 saturated heterocycles. The first-order valence-corrected chi connectivity index (χ1v) is 6.05. The molecule has 1 N–H and O–H groups in total. The van der Waals surface area contributed by atoms with Gasteiger partial charge in [0, 0.05) is 0 Å². The SMILES string of the molecule is COc1cccc(CCCC(O)C(C)C)c1F. The number of ether oxygens (including phenoxy) is 1. The van der Waals surface area contributed by atoms with Crippen LogP contribution in [0.15, 0.2) is 18.2 Å². The minimum Gasteiger partial charge on any atom is -0.494 e. The van der Waals surface area contributed by atoms with Crippen LogP contribution in [0.5, 0.6) is 5.75 Å². The highest BCUT2D eigenvalue weighted by molar-refractivity contribution is 5.31. The Hall–Kier alpha value is -1.09. The predicted octanol–water partition coefficient (Wildman–Crippen LogP) is 3.17. The van der Waals surface area contributed by atoms with E-state index in [0.29, 0.717) is 18.4 Å². The molecule has 1 aromatic carbocycles. The molecule has 0 saturated carbocycles. The molecule has 0 fully saturated rings. The van der Waals surface area contributed by atoms with Crippen molar-refractivity contribution in [2.24, 2.45) is 5.92 Å². The number of aliphatic hydroxyl groups excluding tert-OH is 1. The summed E-state index contributed by atoms with van der Waals surface area (Å²) in [6.07, 6.45) is 1.81. The van der Waals surface area contributed by atoms with Crippen LogP contribution in [0.3, 0.4) is 0 Å². The summed E-state index contributed by atoms with van der Waals surface area (Å²) >= 11 is 0. The average Bonchev–Trinajstić information content (AvgIpc) is 2.31. The molecule has 1 aromatic rings. The Morgan fingerprint density at radius 3 is 2.65 bits per heavy atom. The first kappa shape index (κ1) is 14.0. The molecule has 96 valence electrons. The normalized spacial score (nSPS) is 12.8. The van der Waals surface area contributed by atoms with E-state index < -0.39 is 0 Å². The fraction of sp³-hybridized carbons (Fsp3) is 0.571. The molecule has 0 heterocycles. The third kappa shape index (κ3) is 4.00. The van der Waals surface area contributed by atoms with Crippen molar-refractivity contribution in [2.45, 2.75) is 39.2 Å². The number of hydrogen-bond acceptors (Lipinski definition) is 2. The Kier molecular flexibility index (Phi) is 5.42. The third-order valence-corrected chi connectivity index (χ3v) is 2.98. The molecule has 17 heavy (non-hydrogen) atoms. The Morgan fingerprint density at radius 1 is 1.35 bits per heavy atom. The summed E-state index contributed by atoms with van der Waals surface area (Å²) in [5.41, 5.74) is 0.653. The highest BCUT2D eigenvalue weighted by Crippen LogP contribution is 2.22. The van der Waals surface area contributed by atoms with Crippen LogP contribution in [0.2, 0.25) is 0 Å². The van der Waals surface area contributed by atoms with E-state index in [-0.39, 0.29) is 23.6 Å². The van der Waals surface area contributed by atoms with Gasteiger partial charge in [-0.25, -0.2) is 4.39 Å². The van der Waals surface area contributed by atoms with E-state index >= 15 is 0 Å². The van der Waals surface area contributed by atoms with Gasteiger partial charge >= 0.3 is 0 Å². The molecule has 0 radical (unpaired) electrons. The molecule has 0 spiro atoms. The van der Waals surface area contributed by atoms with Crippen LogP contribution in [0.1, 0.15) is 32.3 Å². The zero-order valence-corrected chi connectivity index (χ0v) is 10.7. The van der Waals surface area contributed by atoms with Gasteiger partial charge in [-0.05, 0) is 36.8 Å². The van der Waals surface area contributed by atoms with E-state index in [2.05, 4.69) is 0 Å². The Labute approximate surface area is 102 Å².